The number of nitrogens with zero attached hydrogens (tertiary/aromatic N) is 2. The Bertz CT molecular complexity index is 810. The van der Waals surface area contributed by atoms with Crippen LogP contribution in [-0.2, 0) is 16.4 Å². The fourth-order valence-electron chi connectivity index (χ4n) is 2.50. The topological polar surface area (TPSA) is 73.2 Å². The number of hydrogen-bond donors (Lipinski definition) is 1. The second-order valence-electron chi connectivity index (χ2n) is 6.10. The van der Waals surface area contributed by atoms with E-state index >= 15 is 0 Å². The van der Waals surface area contributed by atoms with E-state index in [1.165, 1.54) is 0 Å². The summed E-state index contributed by atoms with van der Waals surface area (Å²) in [6.45, 7) is 7.93. The van der Waals surface area contributed by atoms with Crippen molar-refractivity contribution in [2.45, 2.75) is 45.1 Å². The molecular weight excluding hydrogens is 326 g/mol. The molecule has 0 aliphatic rings. The summed E-state index contributed by atoms with van der Waals surface area (Å²) in [6.07, 6.45) is 2.20. The first kappa shape index (κ1) is 18.5. The molecule has 0 saturated carbocycles. The molecule has 1 N–H and O–H groups in total. The summed E-state index contributed by atoms with van der Waals surface area (Å²) >= 11 is 0. The van der Waals surface area contributed by atoms with Crippen LogP contribution >= 0.6 is 0 Å². The SMILES string of the molecule is COc1ccc(CCNS(=O)(=O)c2cn(C(C)C)nc2C)cc1C. The maximum absolute atomic E-state index is 12.5. The molecule has 0 amide bonds. The van der Waals surface area contributed by atoms with Crippen LogP contribution in [0.25, 0.3) is 0 Å². The molecule has 0 fully saturated rings. The second-order valence-corrected chi connectivity index (χ2v) is 7.84. The van der Waals surface area contributed by atoms with Gasteiger partial charge in [0.2, 0.25) is 10.0 Å². The van der Waals surface area contributed by atoms with E-state index in [0.29, 0.717) is 18.7 Å². The van der Waals surface area contributed by atoms with Crippen molar-refractivity contribution < 1.29 is 13.2 Å². The first-order valence-corrected chi connectivity index (χ1v) is 9.42. The average molecular weight is 351 g/mol. The van der Waals surface area contributed by atoms with Crippen molar-refractivity contribution in [3.63, 3.8) is 0 Å². The van der Waals surface area contributed by atoms with Gasteiger partial charge in [-0.05, 0) is 51.3 Å². The molecule has 6 nitrogen and oxygen atoms in total. The molecule has 1 aromatic carbocycles. The minimum Gasteiger partial charge on any atom is -0.496 e. The Morgan fingerprint density at radius 2 is 2.00 bits per heavy atom. The Labute approximate surface area is 143 Å². The predicted octanol–water partition coefficient (Wildman–Crippen LogP) is 2.61. The molecule has 0 unspecified atom stereocenters. The highest BCUT2D eigenvalue weighted by atomic mass is 32.2. The number of sulfonamides is 1. The molecule has 0 spiro atoms. The van der Waals surface area contributed by atoms with Crippen LogP contribution in [0, 0.1) is 13.8 Å². The van der Waals surface area contributed by atoms with Crippen LogP contribution in [0.3, 0.4) is 0 Å². The van der Waals surface area contributed by atoms with E-state index in [0.717, 1.165) is 16.9 Å². The van der Waals surface area contributed by atoms with Gasteiger partial charge in [0.25, 0.3) is 0 Å². The van der Waals surface area contributed by atoms with Crippen molar-refractivity contribution in [3.05, 3.63) is 41.2 Å². The average Bonchev–Trinajstić information content (AvgIpc) is 2.90. The lowest BCUT2D eigenvalue weighted by Crippen LogP contribution is -2.26. The van der Waals surface area contributed by atoms with Gasteiger partial charge in [-0.15, -0.1) is 0 Å². The summed E-state index contributed by atoms with van der Waals surface area (Å²) in [6, 6.07) is 5.97. The van der Waals surface area contributed by atoms with Crippen LogP contribution < -0.4 is 9.46 Å². The Balaban J connectivity index is 2.04. The van der Waals surface area contributed by atoms with Crippen LogP contribution in [0.2, 0.25) is 0 Å². The van der Waals surface area contributed by atoms with Crippen molar-refractivity contribution in [2.24, 2.45) is 0 Å². The van der Waals surface area contributed by atoms with E-state index in [2.05, 4.69) is 9.82 Å². The van der Waals surface area contributed by atoms with Crippen molar-refractivity contribution in [1.29, 1.82) is 0 Å². The zero-order chi connectivity index (χ0) is 17.9. The number of hydrogen-bond acceptors (Lipinski definition) is 4. The molecule has 0 saturated heterocycles. The van der Waals surface area contributed by atoms with Gasteiger partial charge in [0, 0.05) is 18.8 Å². The molecule has 1 aromatic heterocycles. The predicted molar refractivity (Wildman–Crippen MR) is 94.0 cm³/mol. The fraction of sp³-hybridized carbons (Fsp3) is 0.471. The summed E-state index contributed by atoms with van der Waals surface area (Å²) in [7, 11) is -1.92. The third-order valence-electron chi connectivity index (χ3n) is 3.86. The van der Waals surface area contributed by atoms with Gasteiger partial charge in [-0.1, -0.05) is 12.1 Å². The molecule has 2 rings (SSSR count). The van der Waals surface area contributed by atoms with Gasteiger partial charge in [-0.2, -0.15) is 5.10 Å². The lowest BCUT2D eigenvalue weighted by Gasteiger charge is -2.09. The third-order valence-corrected chi connectivity index (χ3v) is 5.42. The van der Waals surface area contributed by atoms with Crippen LogP contribution in [-0.4, -0.2) is 31.9 Å². The maximum Gasteiger partial charge on any atom is 0.243 e. The van der Waals surface area contributed by atoms with Crippen molar-refractivity contribution in [1.82, 2.24) is 14.5 Å². The zero-order valence-corrected chi connectivity index (χ0v) is 15.6. The molecule has 0 aliphatic heterocycles. The standard InChI is InChI=1S/C17H25N3O3S/c1-12(2)20-11-17(14(4)19-20)24(21,22)18-9-8-15-6-7-16(23-5)13(3)10-15/h6-7,10-12,18H,8-9H2,1-5H3. The first-order valence-electron chi connectivity index (χ1n) is 7.93. The minimum absolute atomic E-state index is 0.120. The minimum atomic E-state index is -3.55. The van der Waals surface area contributed by atoms with Crippen LogP contribution in [0.15, 0.2) is 29.3 Å². The van der Waals surface area contributed by atoms with E-state index in [4.69, 9.17) is 4.74 Å². The summed E-state index contributed by atoms with van der Waals surface area (Å²) in [4.78, 5) is 0.238. The van der Waals surface area contributed by atoms with E-state index in [9.17, 15) is 8.42 Å². The molecule has 7 heteroatoms. The Hall–Kier alpha value is -1.86. The number of methoxy groups -OCH3 is 1. The van der Waals surface area contributed by atoms with Crippen LogP contribution in [0.1, 0.15) is 36.7 Å². The molecule has 0 aliphatic carbocycles. The molecule has 24 heavy (non-hydrogen) atoms. The number of ether oxygens (including phenoxy) is 1. The molecule has 0 atom stereocenters. The normalized spacial score (nSPS) is 11.9. The highest BCUT2D eigenvalue weighted by Gasteiger charge is 2.20. The largest absolute Gasteiger partial charge is 0.496 e. The third kappa shape index (κ3) is 4.15. The number of nitrogens with one attached hydrogen (secondary N) is 1. The smallest absolute Gasteiger partial charge is 0.243 e. The highest BCUT2D eigenvalue weighted by Crippen LogP contribution is 2.19. The lowest BCUT2D eigenvalue weighted by atomic mass is 10.1. The second kappa shape index (κ2) is 7.36. The molecule has 2 aromatic rings. The Morgan fingerprint density at radius 3 is 2.54 bits per heavy atom. The van der Waals surface area contributed by atoms with E-state index < -0.39 is 10.0 Å². The van der Waals surface area contributed by atoms with Gasteiger partial charge < -0.3 is 4.74 Å². The van der Waals surface area contributed by atoms with Gasteiger partial charge >= 0.3 is 0 Å². The molecule has 0 bridgehead atoms. The van der Waals surface area contributed by atoms with Crippen molar-refractivity contribution >= 4 is 10.0 Å². The number of aromatic nitrogens is 2. The summed E-state index contributed by atoms with van der Waals surface area (Å²) in [5.41, 5.74) is 2.61. The number of rotatable bonds is 7. The summed E-state index contributed by atoms with van der Waals surface area (Å²) in [5.74, 6) is 0.830. The van der Waals surface area contributed by atoms with Gasteiger partial charge in [0.05, 0.1) is 12.8 Å². The highest BCUT2D eigenvalue weighted by molar-refractivity contribution is 7.89. The lowest BCUT2D eigenvalue weighted by molar-refractivity contribution is 0.411. The van der Waals surface area contributed by atoms with Gasteiger partial charge in [0.15, 0.2) is 0 Å². The van der Waals surface area contributed by atoms with E-state index in [-0.39, 0.29) is 10.9 Å². The van der Waals surface area contributed by atoms with Gasteiger partial charge in [-0.3, -0.25) is 4.68 Å². The Kier molecular flexibility index (Phi) is 5.66. The van der Waals surface area contributed by atoms with Crippen molar-refractivity contribution in [2.75, 3.05) is 13.7 Å². The van der Waals surface area contributed by atoms with E-state index in [1.807, 2.05) is 39.0 Å². The Morgan fingerprint density at radius 1 is 1.29 bits per heavy atom. The van der Waals surface area contributed by atoms with Gasteiger partial charge in [0.1, 0.15) is 10.6 Å². The molecule has 0 radical (unpaired) electrons. The van der Waals surface area contributed by atoms with Gasteiger partial charge in [-0.25, -0.2) is 13.1 Å². The quantitative estimate of drug-likeness (QED) is 0.832. The molecule has 132 valence electrons. The monoisotopic (exact) mass is 351 g/mol. The van der Waals surface area contributed by atoms with Crippen molar-refractivity contribution in [3.8, 4) is 5.75 Å². The fourth-order valence-corrected chi connectivity index (χ4v) is 3.70. The number of benzene rings is 1. The van der Waals surface area contributed by atoms with Crippen LogP contribution in [0.5, 0.6) is 5.75 Å². The maximum atomic E-state index is 12.5. The van der Waals surface area contributed by atoms with E-state index in [1.54, 1.807) is 24.9 Å². The molecular formula is C17H25N3O3S. The number of aryl methyl sites for hydroxylation is 2. The summed E-state index contributed by atoms with van der Waals surface area (Å²) < 4.78 is 34.5. The molecule has 1 heterocycles. The zero-order valence-electron chi connectivity index (χ0n) is 14.8. The van der Waals surface area contributed by atoms with Crippen LogP contribution in [0.4, 0.5) is 0 Å². The first-order chi connectivity index (χ1) is 11.2. The summed E-state index contributed by atoms with van der Waals surface area (Å²) in [5, 5.41) is 4.26.